The highest BCUT2D eigenvalue weighted by atomic mass is 35.5. The Balaban J connectivity index is 1.76. The number of hydrogen-bond donors (Lipinski definition) is 1. The van der Waals surface area contributed by atoms with Crippen LogP contribution in [0, 0.1) is 10.1 Å². The lowest BCUT2D eigenvalue weighted by molar-refractivity contribution is -0.384. The van der Waals surface area contributed by atoms with E-state index in [-0.39, 0.29) is 22.7 Å². The van der Waals surface area contributed by atoms with Gasteiger partial charge in [0.2, 0.25) is 0 Å². The molecule has 0 radical (unpaired) electrons. The number of hydrogen-bond acceptors (Lipinski definition) is 4. The zero-order chi connectivity index (χ0) is 15.0. The summed E-state index contributed by atoms with van der Waals surface area (Å²) in [6, 6.07) is 9.16. The van der Waals surface area contributed by atoms with Gasteiger partial charge in [0.05, 0.1) is 9.26 Å². The molecule has 2 atom stereocenters. The molecule has 0 saturated carbocycles. The van der Waals surface area contributed by atoms with Crippen molar-refractivity contribution in [3.8, 4) is 0 Å². The summed E-state index contributed by atoms with van der Waals surface area (Å²) in [4.78, 5) is 11.9. The zero-order valence-corrected chi connectivity index (χ0v) is 13.1. The molecule has 0 spiro atoms. The number of rotatable bonds is 4. The van der Waals surface area contributed by atoms with Crippen LogP contribution in [0.4, 0.5) is 5.69 Å². The molecule has 0 fully saturated rings. The van der Waals surface area contributed by atoms with Crippen LogP contribution in [-0.2, 0) is 6.42 Å². The van der Waals surface area contributed by atoms with Crippen molar-refractivity contribution >= 4 is 28.6 Å². The fourth-order valence-corrected chi connectivity index (χ4v) is 4.17. The van der Waals surface area contributed by atoms with Crippen molar-refractivity contribution in [3.05, 3.63) is 60.8 Å². The van der Waals surface area contributed by atoms with Gasteiger partial charge in [-0.3, -0.25) is 10.1 Å². The number of benzene rings is 1. The van der Waals surface area contributed by atoms with Crippen molar-refractivity contribution in [2.45, 2.75) is 31.8 Å². The van der Waals surface area contributed by atoms with Crippen molar-refractivity contribution in [2.75, 3.05) is 0 Å². The summed E-state index contributed by atoms with van der Waals surface area (Å²) >= 11 is 7.71. The Bertz CT molecular complexity index is 686. The average molecular weight is 323 g/mol. The van der Waals surface area contributed by atoms with Gasteiger partial charge in [0, 0.05) is 29.1 Å². The van der Waals surface area contributed by atoms with Crippen LogP contribution < -0.4 is 5.32 Å². The summed E-state index contributed by atoms with van der Waals surface area (Å²) < 4.78 is 0.828. The summed E-state index contributed by atoms with van der Waals surface area (Å²) in [6.45, 7) is 2.03. The molecule has 6 heteroatoms. The first kappa shape index (κ1) is 14.5. The Kier molecular flexibility index (Phi) is 3.97. The van der Waals surface area contributed by atoms with E-state index < -0.39 is 0 Å². The van der Waals surface area contributed by atoms with Crippen LogP contribution in [0.2, 0.25) is 4.34 Å². The van der Waals surface area contributed by atoms with Crippen LogP contribution in [0.5, 0.6) is 0 Å². The fraction of sp³-hybridized carbons (Fsp3) is 0.333. The molecule has 2 aromatic rings. The van der Waals surface area contributed by atoms with Gasteiger partial charge in [0.15, 0.2) is 0 Å². The second-order valence-electron chi connectivity index (χ2n) is 5.26. The number of halogens is 1. The minimum atomic E-state index is -0.359. The van der Waals surface area contributed by atoms with Gasteiger partial charge in [-0.2, -0.15) is 0 Å². The highest BCUT2D eigenvalue weighted by molar-refractivity contribution is 7.16. The van der Waals surface area contributed by atoms with E-state index in [1.54, 1.807) is 23.5 Å². The molecule has 1 N–H and O–H groups in total. The largest absolute Gasteiger partial charge is 0.303 e. The molecule has 0 amide bonds. The van der Waals surface area contributed by atoms with Crippen molar-refractivity contribution in [1.29, 1.82) is 0 Å². The number of aryl methyl sites for hydroxylation is 1. The SMILES string of the molecule is CC(NC1CCc2sc(Cl)cc21)c1cccc([N+](=O)[O-])c1. The molecular formula is C15H15ClN2O2S. The molecular weight excluding hydrogens is 308 g/mol. The fourth-order valence-electron chi connectivity index (χ4n) is 2.81. The quantitative estimate of drug-likeness (QED) is 0.658. The van der Waals surface area contributed by atoms with E-state index in [4.69, 9.17) is 11.6 Å². The van der Waals surface area contributed by atoms with Gasteiger partial charge >= 0.3 is 0 Å². The molecule has 0 bridgehead atoms. The van der Waals surface area contributed by atoms with Crippen molar-refractivity contribution in [1.82, 2.24) is 5.32 Å². The maximum absolute atomic E-state index is 10.9. The Morgan fingerprint density at radius 3 is 3.05 bits per heavy atom. The third-order valence-corrected chi connectivity index (χ3v) is 5.22. The number of nitro benzene ring substituents is 1. The summed E-state index contributed by atoms with van der Waals surface area (Å²) in [7, 11) is 0. The average Bonchev–Trinajstić information content (AvgIpc) is 2.99. The van der Waals surface area contributed by atoms with E-state index in [0.29, 0.717) is 0 Å². The smallest absolute Gasteiger partial charge is 0.269 e. The predicted molar refractivity (Wildman–Crippen MR) is 85.0 cm³/mol. The van der Waals surface area contributed by atoms with Crippen molar-refractivity contribution in [2.24, 2.45) is 0 Å². The van der Waals surface area contributed by atoms with E-state index in [9.17, 15) is 10.1 Å². The number of thiophene rings is 1. The minimum Gasteiger partial charge on any atom is -0.303 e. The number of fused-ring (bicyclic) bond motifs is 1. The van der Waals surface area contributed by atoms with Gasteiger partial charge in [0.25, 0.3) is 5.69 Å². The molecule has 0 aliphatic heterocycles. The molecule has 1 heterocycles. The van der Waals surface area contributed by atoms with E-state index >= 15 is 0 Å². The van der Waals surface area contributed by atoms with E-state index in [1.165, 1.54) is 16.5 Å². The Morgan fingerprint density at radius 1 is 1.48 bits per heavy atom. The first-order chi connectivity index (χ1) is 10.0. The Morgan fingerprint density at radius 2 is 2.29 bits per heavy atom. The molecule has 1 aliphatic carbocycles. The normalized spacial score (nSPS) is 18.5. The second kappa shape index (κ2) is 5.75. The Hall–Kier alpha value is -1.43. The first-order valence-electron chi connectivity index (χ1n) is 6.83. The standard InChI is InChI=1S/C15H15ClN2O2S/c1-9(10-3-2-4-11(7-10)18(19)20)17-13-5-6-14-12(13)8-15(16)21-14/h2-4,7-9,13,17H,5-6H2,1H3. The summed E-state index contributed by atoms with van der Waals surface area (Å²) in [6.07, 6.45) is 2.10. The lowest BCUT2D eigenvalue weighted by atomic mass is 10.1. The highest BCUT2D eigenvalue weighted by Crippen LogP contribution is 2.40. The van der Waals surface area contributed by atoms with Gasteiger partial charge in [-0.25, -0.2) is 0 Å². The van der Waals surface area contributed by atoms with E-state index in [2.05, 4.69) is 5.32 Å². The topological polar surface area (TPSA) is 55.2 Å². The van der Waals surface area contributed by atoms with Gasteiger partial charge < -0.3 is 5.32 Å². The maximum atomic E-state index is 10.9. The molecule has 1 aliphatic rings. The lowest BCUT2D eigenvalue weighted by Crippen LogP contribution is -2.22. The van der Waals surface area contributed by atoms with Crippen LogP contribution in [0.15, 0.2) is 30.3 Å². The van der Waals surface area contributed by atoms with Gasteiger partial charge in [0.1, 0.15) is 0 Å². The van der Waals surface area contributed by atoms with Crippen LogP contribution in [0.25, 0.3) is 0 Å². The molecule has 110 valence electrons. The molecule has 1 aromatic carbocycles. The van der Waals surface area contributed by atoms with Crippen molar-refractivity contribution < 1.29 is 4.92 Å². The first-order valence-corrected chi connectivity index (χ1v) is 8.02. The monoisotopic (exact) mass is 322 g/mol. The van der Waals surface area contributed by atoms with Crippen molar-refractivity contribution in [3.63, 3.8) is 0 Å². The number of nitro groups is 1. The Labute approximate surface area is 131 Å². The molecule has 0 saturated heterocycles. The van der Waals surface area contributed by atoms with Crippen LogP contribution in [0.1, 0.15) is 41.4 Å². The number of non-ortho nitro benzene ring substituents is 1. The molecule has 21 heavy (non-hydrogen) atoms. The van der Waals surface area contributed by atoms with Gasteiger partial charge in [-0.15, -0.1) is 11.3 Å². The lowest BCUT2D eigenvalue weighted by Gasteiger charge is -2.20. The zero-order valence-electron chi connectivity index (χ0n) is 11.5. The van der Waals surface area contributed by atoms with Gasteiger partial charge in [-0.1, -0.05) is 23.7 Å². The summed E-state index contributed by atoms with van der Waals surface area (Å²) in [5.41, 5.74) is 2.34. The second-order valence-corrected chi connectivity index (χ2v) is 7.03. The van der Waals surface area contributed by atoms with Crippen LogP contribution in [0.3, 0.4) is 0 Å². The summed E-state index contributed by atoms with van der Waals surface area (Å²) in [5, 5.41) is 14.4. The maximum Gasteiger partial charge on any atom is 0.269 e. The molecule has 1 aromatic heterocycles. The van der Waals surface area contributed by atoms with E-state index in [1.807, 2.05) is 19.1 Å². The highest BCUT2D eigenvalue weighted by Gasteiger charge is 2.26. The van der Waals surface area contributed by atoms with E-state index in [0.717, 1.165) is 22.7 Å². The number of nitrogens with zero attached hydrogens (tertiary/aromatic N) is 1. The predicted octanol–water partition coefficient (Wildman–Crippen LogP) is 4.65. The molecule has 4 nitrogen and oxygen atoms in total. The van der Waals surface area contributed by atoms with Crippen LogP contribution in [-0.4, -0.2) is 4.92 Å². The van der Waals surface area contributed by atoms with Crippen LogP contribution >= 0.6 is 22.9 Å². The minimum absolute atomic E-state index is 0.0551. The number of nitrogens with one attached hydrogen (secondary N) is 1. The third-order valence-electron chi connectivity index (χ3n) is 3.88. The van der Waals surface area contributed by atoms with Gasteiger partial charge in [-0.05, 0) is 37.0 Å². The third kappa shape index (κ3) is 2.95. The molecule has 3 rings (SSSR count). The molecule has 2 unspecified atom stereocenters. The summed E-state index contributed by atoms with van der Waals surface area (Å²) in [5.74, 6) is 0.